The van der Waals surface area contributed by atoms with E-state index in [1.165, 1.54) is 6.92 Å². The molecule has 24 heavy (non-hydrogen) atoms. The Hall–Kier alpha value is -3.07. The number of hydrogen-bond acceptors (Lipinski definition) is 2. The van der Waals surface area contributed by atoms with Gasteiger partial charge in [0.1, 0.15) is 0 Å². The normalized spacial score (nSPS) is 10.2. The van der Waals surface area contributed by atoms with Crippen LogP contribution in [0.2, 0.25) is 0 Å². The van der Waals surface area contributed by atoms with Gasteiger partial charge in [-0.15, -0.1) is 0 Å². The van der Waals surface area contributed by atoms with Crippen LogP contribution in [0.15, 0.2) is 72.8 Å². The van der Waals surface area contributed by atoms with Crippen LogP contribution in [0.5, 0.6) is 0 Å². The molecule has 0 aliphatic carbocycles. The van der Waals surface area contributed by atoms with Crippen molar-refractivity contribution in [3.05, 3.63) is 78.4 Å². The molecule has 3 aromatic rings. The molecule has 0 heterocycles. The highest BCUT2D eigenvalue weighted by atomic mass is 16.1. The summed E-state index contributed by atoms with van der Waals surface area (Å²) in [5, 5.41) is 6.40. The van der Waals surface area contributed by atoms with Crippen LogP contribution in [0.3, 0.4) is 0 Å². The van der Waals surface area contributed by atoms with E-state index in [4.69, 9.17) is 0 Å². The molecule has 0 atom stereocenters. The molecule has 0 aliphatic rings. The summed E-state index contributed by atoms with van der Waals surface area (Å²) in [4.78, 5) is 11.6. The fourth-order valence-corrected chi connectivity index (χ4v) is 2.77. The van der Waals surface area contributed by atoms with Gasteiger partial charge < -0.3 is 10.6 Å². The van der Waals surface area contributed by atoms with Crippen LogP contribution in [0.25, 0.3) is 11.1 Å². The van der Waals surface area contributed by atoms with Crippen molar-refractivity contribution in [2.24, 2.45) is 0 Å². The van der Waals surface area contributed by atoms with Crippen molar-refractivity contribution >= 4 is 23.0 Å². The monoisotopic (exact) mass is 316 g/mol. The Bertz CT molecular complexity index is 842. The van der Waals surface area contributed by atoms with Crippen LogP contribution < -0.4 is 10.6 Å². The number of hydrogen-bond donors (Lipinski definition) is 2. The Labute approximate surface area is 142 Å². The molecule has 0 bridgehead atoms. The smallest absolute Gasteiger partial charge is 0.221 e. The molecular formula is C21H20N2O. The van der Waals surface area contributed by atoms with Gasteiger partial charge in [-0.25, -0.2) is 0 Å². The summed E-state index contributed by atoms with van der Waals surface area (Å²) in [5.74, 6) is -0.0889. The SMILES string of the molecule is CC(=O)Nc1ccc(C)c(-c2ccccc2)c1Nc1ccccc1. The molecule has 0 radical (unpaired) electrons. The lowest BCUT2D eigenvalue weighted by atomic mass is 9.97. The van der Waals surface area contributed by atoms with E-state index in [-0.39, 0.29) is 5.91 Å². The Morgan fingerprint density at radius 1 is 0.833 bits per heavy atom. The summed E-state index contributed by atoms with van der Waals surface area (Å²) in [6.07, 6.45) is 0. The summed E-state index contributed by atoms with van der Waals surface area (Å²) >= 11 is 0. The van der Waals surface area contributed by atoms with E-state index in [0.29, 0.717) is 0 Å². The largest absolute Gasteiger partial charge is 0.353 e. The predicted molar refractivity (Wildman–Crippen MR) is 101 cm³/mol. The Kier molecular flexibility index (Phi) is 4.62. The van der Waals surface area contributed by atoms with E-state index in [2.05, 4.69) is 29.7 Å². The minimum absolute atomic E-state index is 0.0889. The number of para-hydroxylation sites is 1. The fraction of sp³-hybridized carbons (Fsp3) is 0.0952. The number of amides is 1. The molecule has 2 N–H and O–H groups in total. The average molecular weight is 316 g/mol. The molecule has 3 rings (SSSR count). The Balaban J connectivity index is 2.17. The molecule has 3 nitrogen and oxygen atoms in total. The lowest BCUT2D eigenvalue weighted by Crippen LogP contribution is -2.09. The summed E-state index contributed by atoms with van der Waals surface area (Å²) in [7, 11) is 0. The zero-order valence-electron chi connectivity index (χ0n) is 13.8. The van der Waals surface area contributed by atoms with Crippen LogP contribution in [-0.4, -0.2) is 5.91 Å². The second kappa shape index (κ2) is 7.01. The first kappa shape index (κ1) is 15.8. The van der Waals surface area contributed by atoms with Crippen LogP contribution in [0, 0.1) is 6.92 Å². The van der Waals surface area contributed by atoms with Crippen LogP contribution >= 0.6 is 0 Å². The Morgan fingerprint density at radius 3 is 2.08 bits per heavy atom. The van der Waals surface area contributed by atoms with E-state index in [1.807, 2.05) is 60.7 Å². The average Bonchev–Trinajstić information content (AvgIpc) is 2.59. The second-order valence-corrected chi connectivity index (χ2v) is 5.72. The molecule has 0 aromatic heterocycles. The second-order valence-electron chi connectivity index (χ2n) is 5.72. The number of benzene rings is 3. The van der Waals surface area contributed by atoms with Crippen molar-refractivity contribution < 1.29 is 4.79 Å². The summed E-state index contributed by atoms with van der Waals surface area (Å²) in [5.41, 5.74) is 6.00. The predicted octanol–water partition coefficient (Wildman–Crippen LogP) is 5.36. The molecule has 0 fully saturated rings. The van der Waals surface area contributed by atoms with E-state index in [0.717, 1.165) is 33.8 Å². The number of rotatable bonds is 4. The molecule has 0 spiro atoms. The van der Waals surface area contributed by atoms with Crippen LogP contribution in [0.4, 0.5) is 17.1 Å². The number of carbonyl (C=O) groups is 1. The van der Waals surface area contributed by atoms with Gasteiger partial charge in [0.15, 0.2) is 0 Å². The topological polar surface area (TPSA) is 41.1 Å². The summed E-state index contributed by atoms with van der Waals surface area (Å²) in [6.45, 7) is 3.60. The maximum atomic E-state index is 11.6. The number of anilines is 3. The Morgan fingerprint density at radius 2 is 1.46 bits per heavy atom. The molecular weight excluding hydrogens is 296 g/mol. The van der Waals surface area contributed by atoms with Gasteiger partial charge in [0, 0.05) is 18.2 Å². The van der Waals surface area contributed by atoms with E-state index >= 15 is 0 Å². The molecule has 1 amide bonds. The standard InChI is InChI=1S/C21H20N2O/c1-15-13-14-19(22-16(2)24)21(23-18-11-7-4-8-12-18)20(15)17-9-5-3-6-10-17/h3-14,23H,1-2H3,(H,22,24). The van der Waals surface area contributed by atoms with Crippen LogP contribution in [0.1, 0.15) is 12.5 Å². The molecule has 0 saturated carbocycles. The number of nitrogens with one attached hydrogen (secondary N) is 2. The fourth-order valence-electron chi connectivity index (χ4n) is 2.77. The van der Waals surface area contributed by atoms with Gasteiger partial charge in [-0.1, -0.05) is 54.6 Å². The number of aryl methyl sites for hydroxylation is 1. The van der Waals surface area contributed by atoms with Crippen molar-refractivity contribution in [1.82, 2.24) is 0 Å². The molecule has 3 aromatic carbocycles. The lowest BCUT2D eigenvalue weighted by Gasteiger charge is -2.19. The third kappa shape index (κ3) is 3.46. The first-order valence-corrected chi connectivity index (χ1v) is 7.94. The van der Waals surface area contributed by atoms with Crippen molar-refractivity contribution in [2.75, 3.05) is 10.6 Å². The van der Waals surface area contributed by atoms with Crippen molar-refractivity contribution in [3.8, 4) is 11.1 Å². The zero-order valence-corrected chi connectivity index (χ0v) is 13.8. The van der Waals surface area contributed by atoms with Gasteiger partial charge in [-0.2, -0.15) is 0 Å². The van der Waals surface area contributed by atoms with Gasteiger partial charge in [0.2, 0.25) is 5.91 Å². The summed E-state index contributed by atoms with van der Waals surface area (Å²) in [6, 6.07) is 24.1. The van der Waals surface area contributed by atoms with Gasteiger partial charge in [-0.3, -0.25) is 4.79 Å². The quantitative estimate of drug-likeness (QED) is 0.680. The number of carbonyl (C=O) groups excluding carboxylic acids is 1. The lowest BCUT2D eigenvalue weighted by molar-refractivity contribution is -0.114. The molecule has 0 unspecified atom stereocenters. The van der Waals surface area contributed by atoms with E-state index < -0.39 is 0 Å². The highest BCUT2D eigenvalue weighted by Crippen LogP contribution is 2.39. The first-order chi connectivity index (χ1) is 11.6. The maximum Gasteiger partial charge on any atom is 0.221 e. The van der Waals surface area contributed by atoms with E-state index in [9.17, 15) is 4.79 Å². The van der Waals surface area contributed by atoms with Gasteiger partial charge in [0.05, 0.1) is 11.4 Å². The highest BCUT2D eigenvalue weighted by molar-refractivity contribution is 5.99. The third-order valence-electron chi connectivity index (χ3n) is 3.83. The molecule has 0 aliphatic heterocycles. The molecule has 3 heteroatoms. The van der Waals surface area contributed by atoms with Gasteiger partial charge in [-0.05, 0) is 36.2 Å². The first-order valence-electron chi connectivity index (χ1n) is 7.94. The minimum atomic E-state index is -0.0889. The van der Waals surface area contributed by atoms with E-state index in [1.54, 1.807) is 0 Å². The minimum Gasteiger partial charge on any atom is -0.353 e. The van der Waals surface area contributed by atoms with Crippen LogP contribution in [-0.2, 0) is 4.79 Å². The zero-order chi connectivity index (χ0) is 16.9. The molecule has 0 saturated heterocycles. The third-order valence-corrected chi connectivity index (χ3v) is 3.83. The van der Waals surface area contributed by atoms with Crippen molar-refractivity contribution in [1.29, 1.82) is 0 Å². The summed E-state index contributed by atoms with van der Waals surface area (Å²) < 4.78 is 0. The van der Waals surface area contributed by atoms with Gasteiger partial charge in [0.25, 0.3) is 0 Å². The molecule has 120 valence electrons. The highest BCUT2D eigenvalue weighted by Gasteiger charge is 2.14. The van der Waals surface area contributed by atoms with Crippen molar-refractivity contribution in [3.63, 3.8) is 0 Å². The maximum absolute atomic E-state index is 11.6. The van der Waals surface area contributed by atoms with Gasteiger partial charge >= 0.3 is 0 Å². The van der Waals surface area contributed by atoms with Crippen molar-refractivity contribution in [2.45, 2.75) is 13.8 Å².